The van der Waals surface area contributed by atoms with Gasteiger partial charge in [-0.25, -0.2) is 0 Å². The number of aromatic nitrogens is 3. The lowest BCUT2D eigenvalue weighted by molar-refractivity contribution is 0.379. The zero-order chi connectivity index (χ0) is 12.7. The highest BCUT2D eigenvalue weighted by atomic mass is 16.5. The maximum atomic E-state index is 4.99. The van der Waals surface area contributed by atoms with Crippen molar-refractivity contribution in [1.82, 2.24) is 19.9 Å². The van der Waals surface area contributed by atoms with E-state index in [1.54, 1.807) is 7.05 Å². The lowest BCUT2D eigenvalue weighted by atomic mass is 10.4. The predicted molar refractivity (Wildman–Crippen MR) is 67.6 cm³/mol. The van der Waals surface area contributed by atoms with E-state index < -0.39 is 0 Å². The minimum atomic E-state index is 0.305. The molecule has 1 heterocycles. The van der Waals surface area contributed by atoms with Gasteiger partial charge in [-0.2, -0.15) is 15.0 Å². The summed E-state index contributed by atoms with van der Waals surface area (Å²) in [5, 5.41) is 6.00. The van der Waals surface area contributed by atoms with Crippen LogP contribution in [-0.2, 0) is 0 Å². The second kappa shape index (κ2) is 6.85. The number of methoxy groups -OCH3 is 1. The summed E-state index contributed by atoms with van der Waals surface area (Å²) < 4.78 is 4.99. The number of hydrogen-bond donors (Lipinski definition) is 2. The molecule has 0 unspecified atom stereocenters. The Morgan fingerprint density at radius 2 is 1.88 bits per heavy atom. The monoisotopic (exact) mass is 240 g/mol. The molecule has 0 saturated heterocycles. The summed E-state index contributed by atoms with van der Waals surface area (Å²) in [5.74, 6) is 1.02. The smallest absolute Gasteiger partial charge is 0.322 e. The Kier molecular flexibility index (Phi) is 5.41. The number of nitrogens with one attached hydrogen (secondary N) is 2. The Morgan fingerprint density at radius 3 is 2.47 bits per heavy atom. The molecule has 0 amide bonds. The van der Waals surface area contributed by atoms with Gasteiger partial charge in [0.2, 0.25) is 11.9 Å². The van der Waals surface area contributed by atoms with Crippen LogP contribution in [0.4, 0.5) is 11.9 Å². The van der Waals surface area contributed by atoms with Gasteiger partial charge in [0.25, 0.3) is 0 Å². The molecule has 1 aromatic rings. The number of anilines is 2. The summed E-state index contributed by atoms with van der Waals surface area (Å²) >= 11 is 0. The molecular weight excluding hydrogens is 220 g/mol. The molecule has 7 heteroatoms. The first-order chi connectivity index (χ1) is 8.15. The molecule has 1 aromatic heterocycles. The Hall–Kier alpha value is -1.63. The Balaban J connectivity index is 2.51. The van der Waals surface area contributed by atoms with E-state index in [1.807, 2.05) is 14.1 Å². The van der Waals surface area contributed by atoms with Gasteiger partial charge < -0.3 is 20.3 Å². The molecule has 0 aliphatic heterocycles. The van der Waals surface area contributed by atoms with Crippen molar-refractivity contribution in [1.29, 1.82) is 0 Å². The van der Waals surface area contributed by atoms with E-state index in [1.165, 1.54) is 7.11 Å². The van der Waals surface area contributed by atoms with Crippen LogP contribution in [0.5, 0.6) is 6.01 Å². The quantitative estimate of drug-likeness (QED) is 0.663. The van der Waals surface area contributed by atoms with Crippen molar-refractivity contribution in [3.63, 3.8) is 0 Å². The van der Waals surface area contributed by atoms with Crippen molar-refractivity contribution in [3.8, 4) is 6.01 Å². The van der Waals surface area contributed by atoms with Gasteiger partial charge in [0, 0.05) is 13.6 Å². The Morgan fingerprint density at radius 1 is 1.18 bits per heavy atom. The highest BCUT2D eigenvalue weighted by Crippen LogP contribution is 2.09. The molecule has 0 aromatic carbocycles. The van der Waals surface area contributed by atoms with Gasteiger partial charge in [0.15, 0.2) is 0 Å². The van der Waals surface area contributed by atoms with Crippen molar-refractivity contribution in [2.24, 2.45) is 0 Å². The summed E-state index contributed by atoms with van der Waals surface area (Å²) in [6.45, 7) is 1.84. The maximum absolute atomic E-state index is 4.99. The van der Waals surface area contributed by atoms with Gasteiger partial charge in [-0.3, -0.25) is 0 Å². The van der Waals surface area contributed by atoms with Gasteiger partial charge in [0.05, 0.1) is 7.11 Å². The molecule has 7 nitrogen and oxygen atoms in total. The minimum Gasteiger partial charge on any atom is -0.467 e. The van der Waals surface area contributed by atoms with Crippen LogP contribution in [0.25, 0.3) is 0 Å². The molecule has 17 heavy (non-hydrogen) atoms. The van der Waals surface area contributed by atoms with Gasteiger partial charge in [-0.15, -0.1) is 0 Å². The van der Waals surface area contributed by atoms with Gasteiger partial charge in [-0.1, -0.05) is 0 Å². The third-order valence-electron chi connectivity index (χ3n) is 2.09. The van der Waals surface area contributed by atoms with Crippen molar-refractivity contribution in [2.75, 3.05) is 52.0 Å². The van der Waals surface area contributed by atoms with Crippen molar-refractivity contribution in [2.45, 2.75) is 6.42 Å². The summed E-state index contributed by atoms with van der Waals surface area (Å²) in [5.41, 5.74) is 0. The van der Waals surface area contributed by atoms with Crippen LogP contribution >= 0.6 is 0 Å². The normalized spacial score (nSPS) is 10.4. The molecule has 0 fully saturated rings. The number of ether oxygens (including phenoxy) is 1. The fourth-order valence-electron chi connectivity index (χ4n) is 1.23. The zero-order valence-corrected chi connectivity index (χ0v) is 10.8. The topological polar surface area (TPSA) is 75.2 Å². The second-order valence-corrected chi connectivity index (χ2v) is 3.80. The fraction of sp³-hybridized carbons (Fsp3) is 0.700. The molecular formula is C10H20N6O. The molecule has 0 radical (unpaired) electrons. The van der Waals surface area contributed by atoms with E-state index >= 15 is 0 Å². The van der Waals surface area contributed by atoms with Crippen LogP contribution < -0.4 is 15.4 Å². The maximum Gasteiger partial charge on any atom is 0.322 e. The first-order valence-electron chi connectivity index (χ1n) is 5.52. The van der Waals surface area contributed by atoms with Gasteiger partial charge in [0.1, 0.15) is 0 Å². The van der Waals surface area contributed by atoms with E-state index in [0.717, 1.165) is 19.5 Å². The Labute approximate surface area is 102 Å². The average molecular weight is 240 g/mol. The van der Waals surface area contributed by atoms with Crippen LogP contribution in [0.1, 0.15) is 6.42 Å². The first kappa shape index (κ1) is 13.4. The van der Waals surface area contributed by atoms with Crippen LogP contribution in [0, 0.1) is 0 Å². The Bertz CT molecular complexity index is 321. The summed E-state index contributed by atoms with van der Waals surface area (Å²) in [6.07, 6.45) is 1.02. The van der Waals surface area contributed by atoms with Gasteiger partial charge in [-0.05, 0) is 27.1 Å². The first-order valence-corrected chi connectivity index (χ1v) is 5.52. The lowest BCUT2D eigenvalue weighted by Gasteiger charge is -2.10. The molecule has 0 aliphatic carbocycles. The van der Waals surface area contributed by atoms with Crippen LogP contribution in [-0.4, -0.2) is 61.2 Å². The largest absolute Gasteiger partial charge is 0.467 e. The van der Waals surface area contributed by atoms with Gasteiger partial charge >= 0.3 is 6.01 Å². The molecule has 96 valence electrons. The molecule has 0 atom stereocenters. The number of rotatable bonds is 7. The second-order valence-electron chi connectivity index (χ2n) is 3.80. The third-order valence-corrected chi connectivity index (χ3v) is 2.09. The van der Waals surface area contributed by atoms with Crippen LogP contribution in [0.2, 0.25) is 0 Å². The molecule has 2 N–H and O–H groups in total. The highest BCUT2D eigenvalue weighted by molar-refractivity contribution is 5.35. The predicted octanol–water partition coefficient (Wildman–Crippen LogP) is 0.285. The summed E-state index contributed by atoms with van der Waals surface area (Å²) in [4.78, 5) is 14.4. The van der Waals surface area contributed by atoms with E-state index in [9.17, 15) is 0 Å². The van der Waals surface area contributed by atoms with Crippen LogP contribution in [0.15, 0.2) is 0 Å². The molecule has 0 saturated carbocycles. The highest BCUT2D eigenvalue weighted by Gasteiger charge is 2.04. The minimum absolute atomic E-state index is 0.305. The average Bonchev–Trinajstić information content (AvgIpc) is 2.34. The number of nitrogens with zero attached hydrogens (tertiary/aromatic N) is 4. The molecule has 0 bridgehead atoms. The fourth-order valence-corrected chi connectivity index (χ4v) is 1.23. The van der Waals surface area contributed by atoms with E-state index in [-0.39, 0.29) is 0 Å². The standard InChI is InChI=1S/C10H20N6O/c1-11-8-13-9(15-10(14-8)17-4)12-6-5-7-16(2)3/h5-7H2,1-4H3,(H2,11,12,13,14,15). The van der Waals surface area contributed by atoms with Crippen molar-refractivity contribution < 1.29 is 4.74 Å². The van der Waals surface area contributed by atoms with E-state index in [2.05, 4.69) is 30.5 Å². The van der Waals surface area contributed by atoms with Crippen LogP contribution in [0.3, 0.4) is 0 Å². The van der Waals surface area contributed by atoms with E-state index in [4.69, 9.17) is 4.74 Å². The molecule has 0 spiro atoms. The zero-order valence-electron chi connectivity index (χ0n) is 10.8. The molecule has 0 aliphatic rings. The summed E-state index contributed by atoms with van der Waals surface area (Å²) in [7, 11) is 7.38. The van der Waals surface area contributed by atoms with Crippen molar-refractivity contribution >= 4 is 11.9 Å². The number of hydrogen-bond acceptors (Lipinski definition) is 7. The summed E-state index contributed by atoms with van der Waals surface area (Å²) in [6, 6.07) is 0.305. The van der Waals surface area contributed by atoms with E-state index in [0.29, 0.717) is 17.9 Å². The SMILES string of the molecule is CNc1nc(NCCCN(C)C)nc(OC)n1. The van der Waals surface area contributed by atoms with Crippen molar-refractivity contribution in [3.05, 3.63) is 0 Å². The third kappa shape index (κ3) is 4.81. The lowest BCUT2D eigenvalue weighted by Crippen LogP contribution is -2.17. The molecule has 1 rings (SSSR count).